The van der Waals surface area contributed by atoms with Crippen LogP contribution in [0.3, 0.4) is 0 Å². The van der Waals surface area contributed by atoms with E-state index in [4.69, 9.17) is 14.7 Å². The fourth-order valence-electron chi connectivity index (χ4n) is 2.97. The summed E-state index contributed by atoms with van der Waals surface area (Å²) in [6, 6.07) is 3.75. The van der Waals surface area contributed by atoms with Crippen LogP contribution in [-0.2, 0) is 0 Å². The molecule has 0 radical (unpaired) electrons. The van der Waals surface area contributed by atoms with Crippen molar-refractivity contribution >= 4 is 11.6 Å². The zero-order chi connectivity index (χ0) is 20.2. The standard InChI is InChI=1S/C19H20N8O2/c1-11(12-5-21-6-12)29-16-9-22-8-15(28-2)19(16)14-3-17(27-26-14)25-18-10-23-13(4-20)7-24-18/h3,7-12,21H,5-6H2,1-2H3,(H2,24,25,26,27). The maximum Gasteiger partial charge on any atom is 0.158 e. The molecule has 4 rings (SSSR count). The van der Waals surface area contributed by atoms with Gasteiger partial charge in [-0.15, -0.1) is 0 Å². The second-order valence-corrected chi connectivity index (χ2v) is 6.65. The highest BCUT2D eigenvalue weighted by molar-refractivity contribution is 5.75. The van der Waals surface area contributed by atoms with Crippen LogP contribution in [0.1, 0.15) is 12.6 Å². The summed E-state index contributed by atoms with van der Waals surface area (Å²) in [5, 5.41) is 22.4. The van der Waals surface area contributed by atoms with Gasteiger partial charge < -0.3 is 20.1 Å². The summed E-state index contributed by atoms with van der Waals surface area (Å²) >= 11 is 0. The zero-order valence-corrected chi connectivity index (χ0v) is 16.0. The number of hydrogen-bond acceptors (Lipinski definition) is 9. The molecule has 1 aliphatic heterocycles. The molecule has 3 aromatic heterocycles. The first kappa shape index (κ1) is 18.6. The van der Waals surface area contributed by atoms with Crippen molar-refractivity contribution in [3.05, 3.63) is 36.5 Å². The Hall–Kier alpha value is -3.71. The van der Waals surface area contributed by atoms with E-state index in [1.807, 2.05) is 12.1 Å². The Morgan fingerprint density at radius 2 is 2.00 bits per heavy atom. The summed E-state index contributed by atoms with van der Waals surface area (Å²) in [5.41, 5.74) is 1.70. The number of nitrogens with zero attached hydrogens (tertiary/aromatic N) is 5. The summed E-state index contributed by atoms with van der Waals surface area (Å²) in [5.74, 6) is 2.68. The number of H-pyrrole nitrogens is 1. The van der Waals surface area contributed by atoms with Crippen molar-refractivity contribution < 1.29 is 9.47 Å². The quantitative estimate of drug-likeness (QED) is 0.551. The van der Waals surface area contributed by atoms with E-state index in [1.165, 1.54) is 12.4 Å². The van der Waals surface area contributed by atoms with Crippen molar-refractivity contribution in [1.29, 1.82) is 5.26 Å². The van der Waals surface area contributed by atoms with Crippen molar-refractivity contribution in [2.45, 2.75) is 13.0 Å². The second kappa shape index (κ2) is 8.12. The minimum absolute atomic E-state index is 0.0401. The fraction of sp³-hybridized carbons (Fsp3) is 0.316. The van der Waals surface area contributed by atoms with Crippen molar-refractivity contribution in [3.63, 3.8) is 0 Å². The monoisotopic (exact) mass is 392 g/mol. The third-order valence-corrected chi connectivity index (χ3v) is 4.76. The zero-order valence-electron chi connectivity index (χ0n) is 16.0. The van der Waals surface area contributed by atoms with Gasteiger partial charge in [-0.25, -0.2) is 9.97 Å². The van der Waals surface area contributed by atoms with Gasteiger partial charge in [0, 0.05) is 25.1 Å². The van der Waals surface area contributed by atoms with Crippen LogP contribution in [0.5, 0.6) is 11.5 Å². The Labute approximate surface area is 167 Å². The largest absolute Gasteiger partial charge is 0.494 e. The molecule has 1 aliphatic rings. The molecule has 0 aliphatic carbocycles. The number of rotatable bonds is 7. The smallest absolute Gasteiger partial charge is 0.158 e. The number of hydrogen-bond donors (Lipinski definition) is 3. The van der Waals surface area contributed by atoms with E-state index in [9.17, 15) is 0 Å². The molecular weight excluding hydrogens is 372 g/mol. The average Bonchev–Trinajstić information content (AvgIpc) is 3.15. The van der Waals surface area contributed by atoms with E-state index in [2.05, 4.69) is 42.7 Å². The molecule has 0 spiro atoms. The lowest BCUT2D eigenvalue weighted by Crippen LogP contribution is -2.49. The molecule has 0 amide bonds. The number of aromatic amines is 1. The van der Waals surface area contributed by atoms with Crippen LogP contribution in [0.2, 0.25) is 0 Å². The van der Waals surface area contributed by atoms with Gasteiger partial charge in [0.2, 0.25) is 0 Å². The lowest BCUT2D eigenvalue weighted by atomic mass is 9.97. The first-order valence-corrected chi connectivity index (χ1v) is 9.12. The van der Waals surface area contributed by atoms with E-state index in [0.717, 1.165) is 18.7 Å². The predicted octanol–water partition coefficient (Wildman–Crippen LogP) is 1.87. The molecule has 29 heavy (non-hydrogen) atoms. The Bertz CT molecular complexity index is 1020. The molecule has 1 fully saturated rings. The number of aromatic nitrogens is 5. The van der Waals surface area contributed by atoms with Crippen molar-refractivity contribution in [1.82, 2.24) is 30.5 Å². The highest BCUT2D eigenvalue weighted by Gasteiger charge is 2.27. The third-order valence-electron chi connectivity index (χ3n) is 4.76. The molecular formula is C19H20N8O2. The Morgan fingerprint density at radius 3 is 2.66 bits per heavy atom. The number of methoxy groups -OCH3 is 1. The van der Waals surface area contributed by atoms with Crippen LogP contribution >= 0.6 is 0 Å². The summed E-state index contributed by atoms with van der Waals surface area (Å²) in [6.45, 7) is 3.94. The number of nitriles is 1. The molecule has 1 unspecified atom stereocenters. The highest BCUT2D eigenvalue weighted by atomic mass is 16.5. The molecule has 148 valence electrons. The Kier molecular flexibility index (Phi) is 5.22. The molecule has 3 N–H and O–H groups in total. The Balaban J connectivity index is 1.59. The molecule has 1 saturated heterocycles. The van der Waals surface area contributed by atoms with E-state index >= 15 is 0 Å². The van der Waals surface area contributed by atoms with Gasteiger partial charge in [0.05, 0.1) is 43.2 Å². The maximum atomic E-state index is 8.82. The molecule has 10 heteroatoms. The lowest BCUT2D eigenvalue weighted by molar-refractivity contribution is 0.114. The number of ether oxygens (including phenoxy) is 2. The van der Waals surface area contributed by atoms with Gasteiger partial charge in [0.1, 0.15) is 23.7 Å². The van der Waals surface area contributed by atoms with E-state index in [0.29, 0.717) is 34.7 Å². The van der Waals surface area contributed by atoms with Gasteiger partial charge in [-0.1, -0.05) is 0 Å². The molecule has 0 bridgehead atoms. The van der Waals surface area contributed by atoms with E-state index < -0.39 is 0 Å². The van der Waals surface area contributed by atoms with Gasteiger partial charge in [-0.3, -0.25) is 10.1 Å². The summed E-state index contributed by atoms with van der Waals surface area (Å²) in [7, 11) is 1.59. The normalized spacial score (nSPS) is 14.5. The van der Waals surface area contributed by atoms with Crippen LogP contribution < -0.4 is 20.1 Å². The number of anilines is 2. The molecule has 4 heterocycles. The van der Waals surface area contributed by atoms with Crippen molar-refractivity contribution in [2.24, 2.45) is 5.92 Å². The topological polar surface area (TPSA) is 134 Å². The summed E-state index contributed by atoms with van der Waals surface area (Å²) in [4.78, 5) is 12.4. The van der Waals surface area contributed by atoms with Gasteiger partial charge in [0.25, 0.3) is 0 Å². The highest BCUT2D eigenvalue weighted by Crippen LogP contribution is 2.38. The average molecular weight is 392 g/mol. The minimum Gasteiger partial charge on any atom is -0.494 e. The number of nitrogens with one attached hydrogen (secondary N) is 3. The fourth-order valence-corrected chi connectivity index (χ4v) is 2.97. The van der Waals surface area contributed by atoms with Crippen LogP contribution in [0.15, 0.2) is 30.9 Å². The van der Waals surface area contributed by atoms with Gasteiger partial charge in [-0.05, 0) is 6.92 Å². The number of pyridine rings is 1. The molecule has 0 aromatic carbocycles. The van der Waals surface area contributed by atoms with Crippen LogP contribution in [0.25, 0.3) is 11.3 Å². The maximum absolute atomic E-state index is 8.82. The summed E-state index contributed by atoms with van der Waals surface area (Å²) in [6.07, 6.45) is 6.23. The molecule has 10 nitrogen and oxygen atoms in total. The van der Waals surface area contributed by atoms with Crippen LogP contribution in [-0.4, -0.2) is 51.5 Å². The Morgan fingerprint density at radius 1 is 1.17 bits per heavy atom. The van der Waals surface area contributed by atoms with E-state index in [-0.39, 0.29) is 11.8 Å². The van der Waals surface area contributed by atoms with Gasteiger partial charge in [-0.2, -0.15) is 10.4 Å². The van der Waals surface area contributed by atoms with Crippen LogP contribution in [0, 0.1) is 17.2 Å². The summed E-state index contributed by atoms with van der Waals surface area (Å²) < 4.78 is 11.7. The van der Waals surface area contributed by atoms with Crippen molar-refractivity contribution in [3.8, 4) is 28.8 Å². The van der Waals surface area contributed by atoms with Crippen molar-refractivity contribution in [2.75, 3.05) is 25.5 Å². The molecule has 1 atom stereocenters. The van der Waals surface area contributed by atoms with Crippen LogP contribution in [0.4, 0.5) is 11.6 Å². The lowest BCUT2D eigenvalue weighted by Gasteiger charge is -2.33. The SMILES string of the molecule is COc1cncc(OC(C)C2CNC2)c1-c1cc(Nc2cnc(C#N)cn2)n[nH]1. The molecule has 3 aromatic rings. The second-order valence-electron chi connectivity index (χ2n) is 6.65. The first-order valence-electron chi connectivity index (χ1n) is 9.12. The van der Waals surface area contributed by atoms with Gasteiger partial charge in [0.15, 0.2) is 17.3 Å². The predicted molar refractivity (Wildman–Crippen MR) is 105 cm³/mol. The first-order chi connectivity index (χ1) is 14.2. The van der Waals surface area contributed by atoms with E-state index in [1.54, 1.807) is 19.5 Å². The minimum atomic E-state index is 0.0401. The van der Waals surface area contributed by atoms with Gasteiger partial charge >= 0.3 is 0 Å². The molecule has 0 saturated carbocycles. The third kappa shape index (κ3) is 3.95.